The molecule has 3 aromatic rings. The first-order valence-electron chi connectivity index (χ1n) is 10.7. The lowest BCUT2D eigenvalue weighted by atomic mass is 10.0. The Kier molecular flexibility index (Phi) is 6.74. The molecule has 1 N–H and O–H groups in total. The normalized spacial score (nSPS) is 16.6. The van der Waals surface area contributed by atoms with Gasteiger partial charge in [0.25, 0.3) is 5.56 Å². The second kappa shape index (κ2) is 9.67. The summed E-state index contributed by atoms with van der Waals surface area (Å²) in [6, 6.07) is 6.17. The first kappa shape index (κ1) is 21.6. The van der Waals surface area contributed by atoms with Crippen LogP contribution in [0.5, 0.6) is 0 Å². The number of methoxy groups -OCH3 is 1. The van der Waals surface area contributed by atoms with Crippen LogP contribution in [0.15, 0.2) is 23.0 Å². The number of fused-ring (bicyclic) bond motifs is 1. The highest BCUT2D eigenvalue weighted by molar-refractivity contribution is 5.83. The average Bonchev–Trinajstić information content (AvgIpc) is 3.39. The molecule has 3 heterocycles. The van der Waals surface area contributed by atoms with Crippen LogP contribution in [0.1, 0.15) is 35.4 Å². The van der Waals surface area contributed by atoms with Crippen LogP contribution >= 0.6 is 0 Å². The molecule has 4 rings (SSSR count). The molecule has 2 aromatic heterocycles. The molecule has 9 nitrogen and oxygen atoms in total. The molecule has 1 aliphatic rings. The highest BCUT2D eigenvalue weighted by Gasteiger charge is 2.22. The first-order valence-corrected chi connectivity index (χ1v) is 10.7. The van der Waals surface area contributed by atoms with E-state index in [1.165, 1.54) is 0 Å². The van der Waals surface area contributed by atoms with Crippen molar-refractivity contribution in [2.75, 3.05) is 26.9 Å². The number of aromatic amines is 1. The van der Waals surface area contributed by atoms with E-state index in [0.29, 0.717) is 26.2 Å². The van der Waals surface area contributed by atoms with E-state index in [1.54, 1.807) is 11.8 Å². The second-order valence-corrected chi connectivity index (χ2v) is 8.28. The number of hydrogen-bond acceptors (Lipinski definition) is 7. The zero-order valence-electron chi connectivity index (χ0n) is 18.4. The predicted octanol–water partition coefficient (Wildman–Crippen LogP) is 1.96. The standard InChI is InChI=1S/C22H30N6O3/c1-15-9-16(2)19-11-17(22(29)23-20(19)10-15)12-27(13-18-5-4-7-31-18)14-21-24-25-26-28(21)6-8-30-3/h9-11,18H,4-8,12-14H2,1-3H3,(H,23,29). The van der Waals surface area contributed by atoms with Crippen molar-refractivity contribution in [2.24, 2.45) is 0 Å². The summed E-state index contributed by atoms with van der Waals surface area (Å²) < 4.78 is 12.8. The zero-order chi connectivity index (χ0) is 21.8. The molecule has 1 unspecified atom stereocenters. The fourth-order valence-electron chi connectivity index (χ4n) is 4.22. The van der Waals surface area contributed by atoms with Crippen molar-refractivity contribution < 1.29 is 9.47 Å². The van der Waals surface area contributed by atoms with Gasteiger partial charge in [0.1, 0.15) is 0 Å². The van der Waals surface area contributed by atoms with Crippen molar-refractivity contribution in [1.82, 2.24) is 30.1 Å². The Hall–Kier alpha value is -2.62. The highest BCUT2D eigenvalue weighted by atomic mass is 16.5. The monoisotopic (exact) mass is 426 g/mol. The minimum Gasteiger partial charge on any atom is -0.383 e. The largest absolute Gasteiger partial charge is 0.383 e. The summed E-state index contributed by atoms with van der Waals surface area (Å²) in [6.07, 6.45) is 2.25. The number of rotatable bonds is 9. The quantitative estimate of drug-likeness (QED) is 0.558. The third-order valence-corrected chi connectivity index (χ3v) is 5.75. The lowest BCUT2D eigenvalue weighted by Crippen LogP contribution is -2.34. The average molecular weight is 427 g/mol. The Morgan fingerprint density at radius 3 is 2.94 bits per heavy atom. The first-order chi connectivity index (χ1) is 15.0. The number of nitrogens with zero attached hydrogens (tertiary/aromatic N) is 5. The van der Waals surface area contributed by atoms with E-state index >= 15 is 0 Å². The number of aromatic nitrogens is 5. The molecule has 1 saturated heterocycles. The molecule has 0 bridgehead atoms. The lowest BCUT2D eigenvalue weighted by molar-refractivity contribution is 0.0660. The maximum atomic E-state index is 12.9. The molecule has 1 aliphatic heterocycles. The van der Waals surface area contributed by atoms with E-state index in [4.69, 9.17) is 9.47 Å². The third-order valence-electron chi connectivity index (χ3n) is 5.75. The van der Waals surface area contributed by atoms with Gasteiger partial charge in [-0.3, -0.25) is 9.69 Å². The molecule has 31 heavy (non-hydrogen) atoms. The van der Waals surface area contributed by atoms with Crippen molar-refractivity contribution >= 4 is 10.9 Å². The molecular formula is C22H30N6O3. The maximum Gasteiger partial charge on any atom is 0.252 e. The number of benzene rings is 1. The van der Waals surface area contributed by atoms with Crippen LogP contribution in [-0.2, 0) is 29.1 Å². The topological polar surface area (TPSA) is 98.2 Å². The summed E-state index contributed by atoms with van der Waals surface area (Å²) in [7, 11) is 1.66. The van der Waals surface area contributed by atoms with Gasteiger partial charge in [0.05, 0.1) is 25.8 Å². The minimum atomic E-state index is -0.0613. The van der Waals surface area contributed by atoms with Crippen LogP contribution in [0.3, 0.4) is 0 Å². The van der Waals surface area contributed by atoms with Gasteiger partial charge in [-0.15, -0.1) is 5.10 Å². The molecule has 9 heteroatoms. The molecule has 0 saturated carbocycles. The summed E-state index contributed by atoms with van der Waals surface area (Å²) >= 11 is 0. The number of hydrogen-bond donors (Lipinski definition) is 1. The van der Waals surface area contributed by atoms with Crippen molar-refractivity contribution in [3.63, 3.8) is 0 Å². The Balaban J connectivity index is 1.60. The van der Waals surface area contributed by atoms with Crippen LogP contribution in [0, 0.1) is 13.8 Å². The van der Waals surface area contributed by atoms with E-state index in [0.717, 1.165) is 59.4 Å². The van der Waals surface area contributed by atoms with Gasteiger partial charge >= 0.3 is 0 Å². The van der Waals surface area contributed by atoms with E-state index in [-0.39, 0.29) is 11.7 Å². The minimum absolute atomic E-state index is 0.0613. The molecule has 1 aromatic carbocycles. The molecule has 0 radical (unpaired) electrons. The summed E-state index contributed by atoms with van der Waals surface area (Å²) in [5.74, 6) is 0.749. The molecule has 1 atom stereocenters. The van der Waals surface area contributed by atoms with Crippen LogP contribution in [0.4, 0.5) is 0 Å². The van der Waals surface area contributed by atoms with Gasteiger partial charge in [0.2, 0.25) is 0 Å². The van der Waals surface area contributed by atoms with Crippen molar-refractivity contribution in [3.05, 3.63) is 51.1 Å². The van der Waals surface area contributed by atoms with Gasteiger partial charge in [0.15, 0.2) is 5.82 Å². The number of aryl methyl sites for hydroxylation is 2. The lowest BCUT2D eigenvalue weighted by Gasteiger charge is -2.24. The van der Waals surface area contributed by atoms with Gasteiger partial charge in [-0.05, 0) is 60.4 Å². The van der Waals surface area contributed by atoms with Gasteiger partial charge < -0.3 is 14.5 Å². The van der Waals surface area contributed by atoms with Crippen LogP contribution in [-0.4, -0.2) is 63.1 Å². The summed E-state index contributed by atoms with van der Waals surface area (Å²) in [5.41, 5.74) is 3.83. The molecule has 0 amide bonds. The van der Waals surface area contributed by atoms with Crippen molar-refractivity contribution in [1.29, 1.82) is 0 Å². The third kappa shape index (κ3) is 5.17. The van der Waals surface area contributed by atoms with Crippen LogP contribution < -0.4 is 5.56 Å². The summed E-state index contributed by atoms with van der Waals surface area (Å²) in [4.78, 5) is 18.1. The van der Waals surface area contributed by atoms with Gasteiger partial charge in [-0.1, -0.05) is 6.07 Å². The van der Waals surface area contributed by atoms with Crippen LogP contribution in [0.25, 0.3) is 10.9 Å². The Morgan fingerprint density at radius 1 is 1.29 bits per heavy atom. The predicted molar refractivity (Wildman–Crippen MR) is 117 cm³/mol. The van der Waals surface area contributed by atoms with Gasteiger partial charge in [-0.25, -0.2) is 4.68 Å². The van der Waals surface area contributed by atoms with E-state index < -0.39 is 0 Å². The summed E-state index contributed by atoms with van der Waals surface area (Å²) in [6.45, 7) is 7.77. The second-order valence-electron chi connectivity index (χ2n) is 8.28. The number of H-pyrrole nitrogens is 1. The Bertz CT molecular complexity index is 1090. The summed E-state index contributed by atoms with van der Waals surface area (Å²) in [5, 5.41) is 13.2. The molecule has 0 spiro atoms. The van der Waals surface area contributed by atoms with E-state index in [2.05, 4.69) is 38.4 Å². The molecule has 0 aliphatic carbocycles. The highest BCUT2D eigenvalue weighted by Crippen LogP contribution is 2.20. The number of nitrogens with one attached hydrogen (secondary N) is 1. The maximum absolute atomic E-state index is 12.9. The smallest absolute Gasteiger partial charge is 0.252 e. The number of ether oxygens (including phenoxy) is 2. The molecule has 166 valence electrons. The van der Waals surface area contributed by atoms with Crippen LogP contribution in [0.2, 0.25) is 0 Å². The van der Waals surface area contributed by atoms with Crippen molar-refractivity contribution in [3.8, 4) is 0 Å². The van der Waals surface area contributed by atoms with Crippen molar-refractivity contribution in [2.45, 2.75) is 52.4 Å². The SMILES string of the molecule is COCCn1nnnc1CN(Cc1cc2c(C)cc(C)cc2[nH]c1=O)CC1CCCO1. The molecule has 1 fully saturated rings. The zero-order valence-corrected chi connectivity index (χ0v) is 18.4. The Morgan fingerprint density at radius 2 is 2.16 bits per heavy atom. The van der Waals surface area contributed by atoms with Gasteiger partial charge in [-0.2, -0.15) is 0 Å². The van der Waals surface area contributed by atoms with E-state index in [1.807, 2.05) is 19.1 Å². The number of pyridine rings is 1. The number of tetrazole rings is 1. The fraction of sp³-hybridized carbons (Fsp3) is 0.545. The van der Waals surface area contributed by atoms with E-state index in [9.17, 15) is 4.79 Å². The fourth-order valence-corrected chi connectivity index (χ4v) is 4.22. The van der Waals surface area contributed by atoms with Gasteiger partial charge in [0, 0.05) is 43.3 Å². The Labute approximate surface area is 181 Å². The molecular weight excluding hydrogens is 396 g/mol.